The van der Waals surface area contributed by atoms with E-state index in [2.05, 4.69) is 15.4 Å². The lowest BCUT2D eigenvalue weighted by molar-refractivity contribution is -0.253. The number of nitrogens with zero attached hydrogens (tertiary/aromatic N) is 3. The fourth-order valence-electron chi connectivity index (χ4n) is 4.16. The third kappa shape index (κ3) is 4.56. The summed E-state index contributed by atoms with van der Waals surface area (Å²) in [5, 5.41) is 7.27. The molecule has 39 heavy (non-hydrogen) atoms. The van der Waals surface area contributed by atoms with Crippen molar-refractivity contribution in [1.82, 2.24) is 9.78 Å². The molecule has 0 fully saturated rings. The topological polar surface area (TPSA) is 87.0 Å². The molecule has 3 aromatic carbocycles. The zero-order valence-electron chi connectivity index (χ0n) is 21.1. The van der Waals surface area contributed by atoms with Gasteiger partial charge < -0.3 is 19.5 Å². The van der Waals surface area contributed by atoms with Crippen molar-refractivity contribution in [3.63, 3.8) is 0 Å². The molecule has 4 aromatic rings. The molecule has 2 heterocycles. The van der Waals surface area contributed by atoms with E-state index in [-0.39, 0.29) is 28.5 Å². The van der Waals surface area contributed by atoms with Crippen molar-refractivity contribution in [1.29, 1.82) is 0 Å². The summed E-state index contributed by atoms with van der Waals surface area (Å²) < 4.78 is 62.2. The first-order chi connectivity index (χ1) is 18.7. The van der Waals surface area contributed by atoms with Gasteiger partial charge >= 0.3 is 17.9 Å². The van der Waals surface area contributed by atoms with Crippen molar-refractivity contribution in [2.75, 3.05) is 19.5 Å². The van der Waals surface area contributed by atoms with E-state index in [1.807, 2.05) is 6.92 Å². The maximum absolute atomic E-state index is 15.1. The van der Waals surface area contributed by atoms with Gasteiger partial charge in [0, 0.05) is 11.3 Å². The molecule has 11 heteroatoms. The van der Waals surface area contributed by atoms with E-state index in [0.717, 1.165) is 17.4 Å². The molecule has 5 rings (SSSR count). The van der Waals surface area contributed by atoms with Crippen LogP contribution >= 0.6 is 0 Å². The quantitative estimate of drug-likeness (QED) is 0.332. The van der Waals surface area contributed by atoms with E-state index in [1.165, 1.54) is 31.4 Å². The minimum Gasteiger partial charge on any atom is -0.497 e. The Morgan fingerprint density at radius 3 is 2.23 bits per heavy atom. The third-order valence-electron chi connectivity index (χ3n) is 6.15. The Bertz CT molecular complexity index is 1530. The van der Waals surface area contributed by atoms with Gasteiger partial charge in [0.1, 0.15) is 17.1 Å². The van der Waals surface area contributed by atoms with E-state index in [1.54, 1.807) is 54.6 Å². The van der Waals surface area contributed by atoms with Crippen LogP contribution in [-0.2, 0) is 10.5 Å². The average Bonchev–Trinajstić information content (AvgIpc) is 3.33. The molecule has 0 amide bonds. The summed E-state index contributed by atoms with van der Waals surface area (Å²) in [5.41, 5.74) is -2.05. The van der Waals surface area contributed by atoms with Gasteiger partial charge in [0.2, 0.25) is 5.88 Å². The molecule has 1 unspecified atom stereocenters. The van der Waals surface area contributed by atoms with Crippen molar-refractivity contribution in [3.05, 3.63) is 101 Å². The number of hydrogen-bond donors (Lipinski definition) is 1. The van der Waals surface area contributed by atoms with Gasteiger partial charge in [-0.25, -0.2) is 9.79 Å². The highest BCUT2D eigenvalue weighted by atomic mass is 19.4. The van der Waals surface area contributed by atoms with Crippen LogP contribution in [0.25, 0.3) is 5.69 Å². The second-order valence-electron chi connectivity index (χ2n) is 8.69. The molecule has 1 aliphatic rings. The minimum absolute atomic E-state index is 0.0698. The third-order valence-corrected chi connectivity index (χ3v) is 6.15. The number of esters is 1. The molecule has 0 bridgehead atoms. The number of aromatic nitrogens is 2. The zero-order valence-corrected chi connectivity index (χ0v) is 21.1. The number of nitrogens with one attached hydrogen (secondary N) is 1. The first-order valence-electron chi connectivity index (χ1n) is 11.8. The number of aliphatic imine (C=N–C) groups is 1. The lowest BCUT2D eigenvalue weighted by Crippen LogP contribution is -2.49. The number of methoxy groups -OCH3 is 2. The first-order valence-corrected chi connectivity index (χ1v) is 11.8. The number of benzene rings is 3. The fraction of sp³-hybridized carbons (Fsp3) is 0.179. The molecule has 200 valence electrons. The fourth-order valence-corrected chi connectivity index (χ4v) is 4.16. The Morgan fingerprint density at radius 1 is 0.974 bits per heavy atom. The van der Waals surface area contributed by atoms with Crippen molar-refractivity contribution >= 4 is 17.5 Å². The van der Waals surface area contributed by atoms with E-state index in [0.29, 0.717) is 17.1 Å². The van der Waals surface area contributed by atoms with E-state index in [4.69, 9.17) is 14.2 Å². The number of alkyl halides is 3. The highest BCUT2D eigenvalue weighted by Crippen LogP contribution is 2.49. The van der Waals surface area contributed by atoms with Crippen LogP contribution in [0.3, 0.4) is 0 Å². The highest BCUT2D eigenvalue weighted by molar-refractivity contribution is 6.15. The molecule has 0 saturated carbocycles. The summed E-state index contributed by atoms with van der Waals surface area (Å²) in [6.45, 7) is 1.88. The lowest BCUT2D eigenvalue weighted by Gasteiger charge is -2.36. The van der Waals surface area contributed by atoms with Crippen LogP contribution in [-0.4, -0.2) is 42.0 Å². The molecule has 8 nitrogen and oxygen atoms in total. The Balaban J connectivity index is 1.81. The molecule has 1 aliphatic heterocycles. The van der Waals surface area contributed by atoms with Gasteiger partial charge in [-0.3, -0.25) is 0 Å². The molecular weight excluding hydrogens is 513 g/mol. The van der Waals surface area contributed by atoms with Crippen molar-refractivity contribution < 1.29 is 32.2 Å². The Morgan fingerprint density at radius 2 is 1.64 bits per heavy atom. The summed E-state index contributed by atoms with van der Waals surface area (Å²) in [4.78, 5) is 16.9. The number of para-hydroxylation sites is 1. The van der Waals surface area contributed by atoms with Crippen LogP contribution < -0.4 is 14.8 Å². The molecule has 0 saturated heterocycles. The number of rotatable bonds is 5. The van der Waals surface area contributed by atoms with Crippen molar-refractivity contribution in [3.8, 4) is 17.3 Å². The molecule has 1 atom stereocenters. The number of aryl methyl sites for hydroxylation is 1. The number of hydrogen-bond acceptors (Lipinski definition) is 7. The SMILES string of the molecule is COC(=O)c1nn(-c2ccccc2)c2c1C(Nc1ccc(C)cc1)=NC(c1ccc(OC)cc1)(C(F)(F)F)O2. The Kier molecular flexibility index (Phi) is 6.51. The monoisotopic (exact) mass is 536 g/mol. The number of ether oxygens (including phenoxy) is 3. The number of carbonyl (C=O) groups is 1. The first kappa shape index (κ1) is 25.8. The number of carbonyl (C=O) groups excluding carboxylic acids is 1. The number of fused-ring (bicyclic) bond motifs is 1. The largest absolute Gasteiger partial charge is 0.497 e. The minimum atomic E-state index is -5.03. The van der Waals surface area contributed by atoms with Crippen LogP contribution in [0.5, 0.6) is 11.6 Å². The average molecular weight is 537 g/mol. The van der Waals surface area contributed by atoms with Crippen LogP contribution in [0.2, 0.25) is 0 Å². The molecular formula is C28H23F3N4O4. The van der Waals surface area contributed by atoms with Crippen LogP contribution in [0.15, 0.2) is 83.9 Å². The summed E-state index contributed by atoms with van der Waals surface area (Å²) in [7, 11) is 2.56. The normalized spacial score (nSPS) is 16.5. The van der Waals surface area contributed by atoms with E-state index < -0.39 is 17.9 Å². The van der Waals surface area contributed by atoms with Gasteiger partial charge in [0.15, 0.2) is 5.69 Å². The second kappa shape index (κ2) is 9.82. The van der Waals surface area contributed by atoms with Gasteiger partial charge in [0.05, 0.1) is 19.9 Å². The van der Waals surface area contributed by atoms with E-state index in [9.17, 15) is 4.79 Å². The number of halogens is 3. The number of anilines is 1. The van der Waals surface area contributed by atoms with Gasteiger partial charge in [-0.2, -0.15) is 23.0 Å². The van der Waals surface area contributed by atoms with Crippen molar-refractivity contribution in [2.45, 2.75) is 18.8 Å². The summed E-state index contributed by atoms with van der Waals surface area (Å²) in [6.07, 6.45) is -5.03. The molecule has 0 spiro atoms. The standard InChI is InChI=1S/C28H23F3N4O4/c1-17-9-13-19(14-10-17)32-24-22-23(26(36)38-3)34-35(20-7-5-4-6-8-20)25(22)39-27(33-24,28(29,30)31)18-11-15-21(37-2)16-12-18/h4-16H,1-3H3,(H,32,33). The maximum atomic E-state index is 15.1. The second-order valence-corrected chi connectivity index (χ2v) is 8.69. The Hall–Kier alpha value is -4.80. The van der Waals surface area contributed by atoms with Gasteiger partial charge in [-0.1, -0.05) is 35.9 Å². The van der Waals surface area contributed by atoms with Gasteiger partial charge in [0.25, 0.3) is 0 Å². The molecule has 0 aliphatic carbocycles. The smallest absolute Gasteiger partial charge is 0.455 e. The molecule has 0 radical (unpaired) electrons. The lowest BCUT2D eigenvalue weighted by atomic mass is 10.00. The summed E-state index contributed by atoms with van der Waals surface area (Å²) in [5.74, 6) is -1.11. The zero-order chi connectivity index (χ0) is 27.8. The van der Waals surface area contributed by atoms with E-state index >= 15 is 13.2 Å². The summed E-state index contributed by atoms with van der Waals surface area (Å²) in [6, 6.07) is 20.6. The van der Waals surface area contributed by atoms with Crippen LogP contribution in [0.4, 0.5) is 18.9 Å². The predicted molar refractivity (Wildman–Crippen MR) is 138 cm³/mol. The summed E-state index contributed by atoms with van der Waals surface area (Å²) >= 11 is 0. The van der Waals surface area contributed by atoms with Crippen molar-refractivity contribution in [2.24, 2.45) is 4.99 Å². The maximum Gasteiger partial charge on any atom is 0.455 e. The van der Waals surface area contributed by atoms with Crippen LogP contribution in [0, 0.1) is 6.92 Å². The Labute approximate surface area is 221 Å². The van der Waals surface area contributed by atoms with Gasteiger partial charge in [-0.05, 0) is 55.5 Å². The van der Waals surface area contributed by atoms with Gasteiger partial charge in [-0.15, -0.1) is 0 Å². The molecule has 1 aromatic heterocycles. The van der Waals surface area contributed by atoms with Crippen LogP contribution in [0.1, 0.15) is 27.2 Å². The predicted octanol–water partition coefficient (Wildman–Crippen LogP) is 5.64. The highest BCUT2D eigenvalue weighted by Gasteiger charge is 2.62. The number of amidine groups is 1. The molecule has 1 N–H and O–H groups in total.